The van der Waals surface area contributed by atoms with E-state index < -0.39 is 17.0 Å². The number of halogens is 2. The molecule has 2 amide bonds. The average molecular weight is 314 g/mol. The van der Waals surface area contributed by atoms with Crippen molar-refractivity contribution in [1.82, 2.24) is 10.2 Å². The third-order valence-corrected chi connectivity index (χ3v) is 4.71. The molecule has 2 rings (SSSR count). The Morgan fingerprint density at radius 2 is 2.14 bits per heavy atom. The summed E-state index contributed by atoms with van der Waals surface area (Å²) in [5.74, 6) is -1.67. The summed E-state index contributed by atoms with van der Waals surface area (Å²) < 4.78 is 26.9. The topological polar surface area (TPSA) is 49.4 Å². The number of hydrogen-bond donors (Lipinski definition) is 1. The number of nitrogens with one attached hydrogen (secondary N) is 1. The highest BCUT2D eigenvalue weighted by Gasteiger charge is 2.39. The third kappa shape index (κ3) is 3.34. The van der Waals surface area contributed by atoms with Crippen LogP contribution in [-0.4, -0.2) is 35.6 Å². The largest absolute Gasteiger partial charge is 0.359 e. The van der Waals surface area contributed by atoms with Gasteiger partial charge in [-0.25, -0.2) is 8.78 Å². The van der Waals surface area contributed by atoms with E-state index in [9.17, 15) is 18.4 Å². The van der Waals surface area contributed by atoms with Crippen LogP contribution in [0.2, 0.25) is 0 Å². The molecule has 1 aliphatic rings. The van der Waals surface area contributed by atoms with Crippen molar-refractivity contribution in [3.63, 3.8) is 0 Å². The second-order valence-corrected chi connectivity index (χ2v) is 6.18. The molecule has 0 radical (unpaired) electrons. The molecule has 1 heterocycles. The Labute approximate surface area is 125 Å². The molecule has 1 saturated heterocycles. The standard InChI is InChI=1S/C14H16F2N2O2S/c1-8-13(20)18(6-5-12(19)17-2)14(21-8)10-4-3-9(15)7-11(10)16/h3-4,7-8,14H,5-6H2,1-2H3,(H,17,19). The maximum absolute atomic E-state index is 13.9. The Balaban J connectivity index is 2.23. The number of rotatable bonds is 4. The summed E-state index contributed by atoms with van der Waals surface area (Å²) in [5, 5.41) is 1.64. The SMILES string of the molecule is CNC(=O)CCN1C(=O)C(C)SC1c1ccc(F)cc1F. The van der Waals surface area contributed by atoms with Crippen molar-refractivity contribution in [2.24, 2.45) is 0 Å². The van der Waals surface area contributed by atoms with Crippen LogP contribution in [0.15, 0.2) is 18.2 Å². The Bertz CT molecular complexity index is 568. The molecule has 114 valence electrons. The van der Waals surface area contributed by atoms with E-state index in [2.05, 4.69) is 5.32 Å². The summed E-state index contributed by atoms with van der Waals surface area (Å²) in [6.07, 6.45) is 0.148. The Hall–Kier alpha value is -1.63. The summed E-state index contributed by atoms with van der Waals surface area (Å²) in [6, 6.07) is 3.32. The number of carbonyl (C=O) groups excluding carboxylic acids is 2. The average Bonchev–Trinajstić information content (AvgIpc) is 2.72. The quantitative estimate of drug-likeness (QED) is 0.925. The molecule has 4 nitrogen and oxygen atoms in total. The predicted octanol–water partition coefficient (Wildman–Crippen LogP) is 2.06. The van der Waals surface area contributed by atoms with Gasteiger partial charge < -0.3 is 10.2 Å². The maximum atomic E-state index is 13.9. The first-order chi connectivity index (χ1) is 9.93. The van der Waals surface area contributed by atoms with Gasteiger partial charge in [0.25, 0.3) is 0 Å². The number of thioether (sulfide) groups is 1. The van der Waals surface area contributed by atoms with Gasteiger partial charge in [0.2, 0.25) is 11.8 Å². The van der Waals surface area contributed by atoms with Crippen LogP contribution in [0.25, 0.3) is 0 Å². The molecule has 21 heavy (non-hydrogen) atoms. The van der Waals surface area contributed by atoms with E-state index in [4.69, 9.17) is 0 Å². The lowest BCUT2D eigenvalue weighted by atomic mass is 10.1. The van der Waals surface area contributed by atoms with E-state index in [1.807, 2.05) is 0 Å². The van der Waals surface area contributed by atoms with Crippen LogP contribution in [-0.2, 0) is 9.59 Å². The highest BCUT2D eigenvalue weighted by atomic mass is 32.2. The molecule has 1 fully saturated rings. The molecule has 0 aromatic heterocycles. The highest BCUT2D eigenvalue weighted by Crippen LogP contribution is 2.43. The van der Waals surface area contributed by atoms with Crippen molar-refractivity contribution < 1.29 is 18.4 Å². The first-order valence-corrected chi connectivity index (χ1v) is 7.49. The van der Waals surface area contributed by atoms with Gasteiger partial charge in [-0.15, -0.1) is 11.8 Å². The summed E-state index contributed by atoms with van der Waals surface area (Å²) in [5.41, 5.74) is 0.260. The predicted molar refractivity (Wildman–Crippen MR) is 76.5 cm³/mol. The van der Waals surface area contributed by atoms with E-state index >= 15 is 0 Å². The minimum atomic E-state index is -0.681. The van der Waals surface area contributed by atoms with Crippen LogP contribution < -0.4 is 5.32 Å². The van der Waals surface area contributed by atoms with Crippen LogP contribution >= 0.6 is 11.8 Å². The maximum Gasteiger partial charge on any atom is 0.236 e. The number of nitrogens with zero attached hydrogens (tertiary/aromatic N) is 1. The van der Waals surface area contributed by atoms with E-state index in [1.165, 1.54) is 35.8 Å². The summed E-state index contributed by atoms with van der Waals surface area (Å²) in [7, 11) is 1.52. The van der Waals surface area contributed by atoms with Crippen molar-refractivity contribution >= 4 is 23.6 Å². The molecular formula is C14H16F2N2O2S. The van der Waals surface area contributed by atoms with Gasteiger partial charge in [-0.05, 0) is 13.0 Å². The molecule has 1 N–H and O–H groups in total. The number of carbonyl (C=O) groups is 2. The smallest absolute Gasteiger partial charge is 0.236 e. The van der Waals surface area contributed by atoms with Crippen molar-refractivity contribution in [3.8, 4) is 0 Å². The summed E-state index contributed by atoms with van der Waals surface area (Å²) in [6.45, 7) is 1.94. The van der Waals surface area contributed by atoms with Crippen molar-refractivity contribution in [1.29, 1.82) is 0 Å². The van der Waals surface area contributed by atoms with Gasteiger partial charge in [0.1, 0.15) is 17.0 Å². The fourth-order valence-electron chi connectivity index (χ4n) is 2.19. The fourth-order valence-corrected chi connectivity index (χ4v) is 3.52. The lowest BCUT2D eigenvalue weighted by Gasteiger charge is -2.24. The molecule has 0 aliphatic carbocycles. The van der Waals surface area contributed by atoms with E-state index in [0.29, 0.717) is 0 Å². The first-order valence-electron chi connectivity index (χ1n) is 6.55. The Kier molecular flexibility index (Phi) is 4.82. The van der Waals surface area contributed by atoms with Gasteiger partial charge in [0, 0.05) is 31.6 Å². The van der Waals surface area contributed by atoms with E-state index in [-0.39, 0.29) is 35.6 Å². The summed E-state index contributed by atoms with van der Waals surface area (Å²) in [4.78, 5) is 25.0. The Morgan fingerprint density at radius 1 is 1.43 bits per heavy atom. The zero-order chi connectivity index (χ0) is 15.6. The van der Waals surface area contributed by atoms with Crippen molar-refractivity contribution in [3.05, 3.63) is 35.4 Å². The first kappa shape index (κ1) is 15.8. The minimum absolute atomic E-state index is 0.141. The minimum Gasteiger partial charge on any atom is -0.359 e. The van der Waals surface area contributed by atoms with Crippen LogP contribution in [0.5, 0.6) is 0 Å². The van der Waals surface area contributed by atoms with Gasteiger partial charge in [-0.3, -0.25) is 9.59 Å². The van der Waals surface area contributed by atoms with Crippen LogP contribution in [0.1, 0.15) is 24.3 Å². The van der Waals surface area contributed by atoms with Gasteiger partial charge in [-0.1, -0.05) is 6.07 Å². The number of amides is 2. The molecule has 0 saturated carbocycles. The van der Waals surface area contributed by atoms with Gasteiger partial charge >= 0.3 is 0 Å². The van der Waals surface area contributed by atoms with E-state index in [0.717, 1.165) is 6.07 Å². The van der Waals surface area contributed by atoms with Crippen LogP contribution in [0, 0.1) is 11.6 Å². The highest BCUT2D eigenvalue weighted by molar-refractivity contribution is 8.01. The van der Waals surface area contributed by atoms with Crippen molar-refractivity contribution in [2.75, 3.05) is 13.6 Å². The molecule has 0 bridgehead atoms. The Morgan fingerprint density at radius 3 is 2.76 bits per heavy atom. The normalized spacial score (nSPS) is 21.7. The monoisotopic (exact) mass is 314 g/mol. The molecule has 1 aliphatic heterocycles. The van der Waals surface area contributed by atoms with Gasteiger partial charge in [-0.2, -0.15) is 0 Å². The summed E-state index contributed by atoms with van der Waals surface area (Å²) >= 11 is 1.30. The molecule has 1 aromatic rings. The molecule has 2 unspecified atom stereocenters. The van der Waals surface area contributed by atoms with Crippen LogP contribution in [0.3, 0.4) is 0 Å². The van der Waals surface area contributed by atoms with E-state index in [1.54, 1.807) is 6.92 Å². The number of benzene rings is 1. The second-order valence-electron chi connectivity index (χ2n) is 4.75. The van der Waals surface area contributed by atoms with Gasteiger partial charge in [0.05, 0.1) is 5.25 Å². The van der Waals surface area contributed by atoms with Crippen LogP contribution in [0.4, 0.5) is 8.78 Å². The second kappa shape index (κ2) is 6.43. The lowest BCUT2D eigenvalue weighted by Crippen LogP contribution is -2.34. The zero-order valence-corrected chi connectivity index (χ0v) is 12.5. The molecular weight excluding hydrogens is 298 g/mol. The molecule has 7 heteroatoms. The molecule has 1 aromatic carbocycles. The molecule has 0 spiro atoms. The molecule has 2 atom stereocenters. The fraction of sp³-hybridized carbons (Fsp3) is 0.429. The lowest BCUT2D eigenvalue weighted by molar-refractivity contribution is -0.130. The third-order valence-electron chi connectivity index (χ3n) is 3.33. The zero-order valence-electron chi connectivity index (χ0n) is 11.7. The van der Waals surface area contributed by atoms with Crippen molar-refractivity contribution in [2.45, 2.75) is 24.0 Å². The van der Waals surface area contributed by atoms with Gasteiger partial charge in [0.15, 0.2) is 0 Å². The number of hydrogen-bond acceptors (Lipinski definition) is 3.